The molecular weight excluding hydrogens is 527 g/mol. The van der Waals surface area contributed by atoms with Crippen LogP contribution in [0.15, 0.2) is 48.5 Å². The molecule has 0 unspecified atom stereocenters. The highest BCUT2D eigenvalue weighted by molar-refractivity contribution is 5.92. The molecule has 2 heterocycles. The van der Waals surface area contributed by atoms with Gasteiger partial charge in [-0.3, -0.25) is 9.69 Å². The molecule has 40 heavy (non-hydrogen) atoms. The fourth-order valence-corrected chi connectivity index (χ4v) is 4.48. The Labute approximate surface area is 230 Å². The first kappa shape index (κ1) is 28.9. The molecule has 1 fully saturated rings. The molecule has 0 spiro atoms. The zero-order valence-corrected chi connectivity index (χ0v) is 22.6. The highest BCUT2D eigenvalue weighted by atomic mass is 19.4. The number of nitrogens with one attached hydrogen (secondary N) is 1. The van der Waals surface area contributed by atoms with E-state index in [1.807, 2.05) is 48.2 Å². The molecule has 1 amide bonds. The largest absolute Gasteiger partial charge is 0.496 e. The summed E-state index contributed by atoms with van der Waals surface area (Å²) in [6, 6.07) is 14.8. The average molecular weight is 560 g/mol. The molecule has 3 aromatic rings. The van der Waals surface area contributed by atoms with Gasteiger partial charge >= 0.3 is 6.18 Å². The van der Waals surface area contributed by atoms with Crippen molar-refractivity contribution in [3.8, 4) is 28.4 Å². The van der Waals surface area contributed by atoms with Gasteiger partial charge in [-0.05, 0) is 54.4 Å². The molecule has 4 rings (SSSR count). The summed E-state index contributed by atoms with van der Waals surface area (Å²) in [5.41, 5.74) is 2.72. The lowest BCUT2D eigenvalue weighted by Gasteiger charge is -2.35. The number of benzene rings is 2. The van der Waals surface area contributed by atoms with Crippen molar-refractivity contribution in [3.63, 3.8) is 0 Å². The van der Waals surface area contributed by atoms with E-state index in [9.17, 15) is 18.0 Å². The second-order valence-corrected chi connectivity index (χ2v) is 9.16. The number of carbonyl (C=O) groups is 1. The number of piperazine rings is 1. The molecule has 0 bridgehead atoms. The molecule has 12 heteroatoms. The summed E-state index contributed by atoms with van der Waals surface area (Å²) in [6.07, 6.45) is -4.49. The van der Waals surface area contributed by atoms with Crippen molar-refractivity contribution in [2.45, 2.75) is 19.6 Å². The number of carbonyl (C=O) groups excluding carboxylic acids is 1. The summed E-state index contributed by atoms with van der Waals surface area (Å²) in [5, 5.41) is 9.66. The minimum Gasteiger partial charge on any atom is -0.496 e. The van der Waals surface area contributed by atoms with Crippen LogP contribution in [-0.2, 0) is 6.54 Å². The van der Waals surface area contributed by atoms with Crippen LogP contribution in [0.4, 0.5) is 19.0 Å². The number of amides is 1. The number of ether oxygens (including phenoxy) is 3. The van der Waals surface area contributed by atoms with E-state index in [1.165, 1.54) is 6.07 Å². The lowest BCUT2D eigenvalue weighted by atomic mass is 10.0. The van der Waals surface area contributed by atoms with Gasteiger partial charge in [0.05, 0.1) is 26.4 Å². The van der Waals surface area contributed by atoms with Gasteiger partial charge in [-0.1, -0.05) is 12.1 Å². The lowest BCUT2D eigenvalue weighted by molar-refractivity contribution is -0.123. The smallest absolute Gasteiger partial charge is 0.405 e. The van der Waals surface area contributed by atoms with E-state index in [2.05, 4.69) is 15.1 Å². The van der Waals surface area contributed by atoms with Crippen LogP contribution in [0.5, 0.6) is 17.2 Å². The van der Waals surface area contributed by atoms with E-state index in [-0.39, 0.29) is 5.69 Å². The maximum Gasteiger partial charge on any atom is 0.405 e. The first-order valence-corrected chi connectivity index (χ1v) is 12.8. The molecule has 1 saturated heterocycles. The minimum absolute atomic E-state index is 0.168. The van der Waals surface area contributed by atoms with E-state index in [4.69, 9.17) is 14.2 Å². The van der Waals surface area contributed by atoms with Gasteiger partial charge in [-0.15, -0.1) is 10.2 Å². The van der Waals surface area contributed by atoms with Crippen LogP contribution in [0.3, 0.4) is 0 Å². The predicted octanol–water partition coefficient (Wildman–Crippen LogP) is 4.17. The molecule has 2 aromatic carbocycles. The Bertz CT molecular complexity index is 1270. The number of halogens is 3. The van der Waals surface area contributed by atoms with E-state index in [0.717, 1.165) is 47.0 Å². The van der Waals surface area contributed by atoms with Crippen molar-refractivity contribution in [2.75, 3.05) is 58.5 Å². The lowest BCUT2D eigenvalue weighted by Crippen LogP contribution is -2.46. The topological polar surface area (TPSA) is 89.1 Å². The van der Waals surface area contributed by atoms with E-state index >= 15 is 0 Å². The molecule has 0 atom stereocenters. The average Bonchev–Trinajstić information content (AvgIpc) is 2.96. The maximum atomic E-state index is 12.3. The Morgan fingerprint density at radius 3 is 2.23 bits per heavy atom. The second-order valence-electron chi connectivity index (χ2n) is 9.16. The number of aromatic nitrogens is 2. The quantitative estimate of drug-likeness (QED) is 0.396. The maximum absolute atomic E-state index is 12.3. The molecule has 0 saturated carbocycles. The molecular formula is C28H32F3N5O4. The highest BCUT2D eigenvalue weighted by Gasteiger charge is 2.28. The molecule has 1 N–H and O–H groups in total. The summed E-state index contributed by atoms with van der Waals surface area (Å²) in [4.78, 5) is 16.2. The normalized spacial score (nSPS) is 14.1. The van der Waals surface area contributed by atoms with Gasteiger partial charge in [-0.25, -0.2) is 0 Å². The SMILES string of the molecule is CCOc1cccc(-c2cc(OC)c(CN3CCN(c4ccc(C(=O)NCC(F)(F)F)nn4)CC3)c(OC)c2)c1. The van der Waals surface area contributed by atoms with Crippen LogP contribution in [0.1, 0.15) is 23.0 Å². The van der Waals surface area contributed by atoms with E-state index < -0.39 is 18.6 Å². The first-order chi connectivity index (χ1) is 19.2. The second kappa shape index (κ2) is 12.9. The van der Waals surface area contributed by atoms with Crippen molar-refractivity contribution in [2.24, 2.45) is 0 Å². The molecule has 1 aliphatic heterocycles. The van der Waals surface area contributed by atoms with E-state index in [0.29, 0.717) is 32.1 Å². The number of hydrogen-bond acceptors (Lipinski definition) is 8. The van der Waals surface area contributed by atoms with Crippen molar-refractivity contribution >= 4 is 11.7 Å². The third-order valence-electron chi connectivity index (χ3n) is 6.50. The monoisotopic (exact) mass is 559 g/mol. The number of alkyl halides is 3. The summed E-state index contributed by atoms with van der Waals surface area (Å²) in [5.74, 6) is 1.88. The Hall–Kier alpha value is -4.06. The Morgan fingerprint density at radius 2 is 1.65 bits per heavy atom. The van der Waals surface area contributed by atoms with Gasteiger partial charge in [0.15, 0.2) is 11.5 Å². The molecule has 1 aromatic heterocycles. The Kier molecular flexibility index (Phi) is 9.30. The fraction of sp³-hybridized carbons (Fsp3) is 0.393. The zero-order chi connectivity index (χ0) is 28.7. The van der Waals surface area contributed by atoms with Crippen molar-refractivity contribution in [1.29, 1.82) is 0 Å². The van der Waals surface area contributed by atoms with Crippen LogP contribution in [-0.4, -0.2) is 80.7 Å². The van der Waals surface area contributed by atoms with E-state index in [1.54, 1.807) is 25.6 Å². The summed E-state index contributed by atoms with van der Waals surface area (Å²) >= 11 is 0. The van der Waals surface area contributed by atoms with Gasteiger partial charge in [0, 0.05) is 32.7 Å². The van der Waals surface area contributed by atoms with Crippen molar-refractivity contribution in [1.82, 2.24) is 20.4 Å². The predicted molar refractivity (Wildman–Crippen MR) is 144 cm³/mol. The number of nitrogens with zero attached hydrogens (tertiary/aromatic N) is 4. The van der Waals surface area contributed by atoms with Crippen LogP contribution >= 0.6 is 0 Å². The van der Waals surface area contributed by atoms with Gasteiger partial charge in [0.25, 0.3) is 5.91 Å². The van der Waals surface area contributed by atoms with Gasteiger partial charge < -0.3 is 24.4 Å². The number of hydrogen-bond donors (Lipinski definition) is 1. The van der Waals surface area contributed by atoms with Crippen molar-refractivity contribution in [3.05, 3.63) is 59.8 Å². The third kappa shape index (κ3) is 7.32. The highest BCUT2D eigenvalue weighted by Crippen LogP contribution is 2.37. The van der Waals surface area contributed by atoms with Crippen LogP contribution < -0.4 is 24.4 Å². The number of rotatable bonds is 10. The van der Waals surface area contributed by atoms with Crippen molar-refractivity contribution < 1.29 is 32.2 Å². The molecule has 1 aliphatic rings. The van der Waals surface area contributed by atoms with Crippen LogP contribution in [0.25, 0.3) is 11.1 Å². The molecule has 214 valence electrons. The number of anilines is 1. The summed E-state index contributed by atoms with van der Waals surface area (Å²) in [7, 11) is 3.28. The Balaban J connectivity index is 1.40. The standard InChI is InChI=1S/C28H32F3N5O4/c1-4-40-21-7-5-6-19(14-21)20-15-24(38-2)22(25(16-20)39-3)17-35-10-12-36(13-11-35)26-9-8-23(33-34-26)27(37)32-18-28(29,30)31/h5-9,14-16H,4,10-13,17-18H2,1-3H3,(H,32,37). The van der Waals surface area contributed by atoms with Gasteiger partial charge in [0.2, 0.25) is 0 Å². The molecule has 9 nitrogen and oxygen atoms in total. The third-order valence-corrected chi connectivity index (χ3v) is 6.50. The minimum atomic E-state index is -4.49. The van der Waals surface area contributed by atoms with Crippen LogP contribution in [0.2, 0.25) is 0 Å². The summed E-state index contributed by atoms with van der Waals surface area (Å²) in [6.45, 7) is 4.48. The first-order valence-electron chi connectivity index (χ1n) is 12.8. The fourth-order valence-electron chi connectivity index (χ4n) is 4.48. The van der Waals surface area contributed by atoms with Gasteiger partial charge in [0.1, 0.15) is 23.8 Å². The molecule has 0 aliphatic carbocycles. The van der Waals surface area contributed by atoms with Gasteiger partial charge in [-0.2, -0.15) is 13.2 Å². The molecule has 0 radical (unpaired) electrons. The van der Waals surface area contributed by atoms with Crippen LogP contribution in [0, 0.1) is 0 Å². The zero-order valence-electron chi connectivity index (χ0n) is 22.6. The Morgan fingerprint density at radius 1 is 0.950 bits per heavy atom. The summed E-state index contributed by atoms with van der Waals surface area (Å²) < 4.78 is 54.2. The number of methoxy groups -OCH3 is 2.